The Balaban J connectivity index is 1.78. The number of ether oxygens (including phenoxy) is 1. The van der Waals surface area contributed by atoms with Crippen LogP contribution in [0.3, 0.4) is 0 Å². The number of thiophene rings is 1. The number of hydrogen-bond acceptors (Lipinski definition) is 6. The first-order valence-corrected chi connectivity index (χ1v) is 11.0. The third-order valence-corrected chi connectivity index (χ3v) is 6.04. The Morgan fingerprint density at radius 1 is 1.10 bits per heavy atom. The normalized spacial score (nSPS) is 10.6. The van der Waals surface area contributed by atoms with Crippen molar-refractivity contribution in [3.63, 3.8) is 0 Å². The zero-order chi connectivity index (χ0) is 20.8. The van der Waals surface area contributed by atoms with Crippen molar-refractivity contribution >= 4 is 45.7 Å². The van der Waals surface area contributed by atoms with Crippen LogP contribution in [-0.2, 0) is 9.53 Å². The number of aryl methyl sites for hydroxylation is 1. The summed E-state index contributed by atoms with van der Waals surface area (Å²) in [7, 11) is 0. The number of carbonyl (C=O) groups excluding carboxylic acids is 2. The number of nitrogens with one attached hydrogen (secondary N) is 1. The summed E-state index contributed by atoms with van der Waals surface area (Å²) < 4.78 is 5.23. The van der Waals surface area contributed by atoms with E-state index in [0.717, 1.165) is 21.6 Å². The molecular formula is C22H22N2O3S2. The molecule has 0 aliphatic heterocycles. The van der Waals surface area contributed by atoms with Gasteiger partial charge in [-0.15, -0.1) is 23.1 Å². The first kappa shape index (κ1) is 21.0. The number of anilines is 2. The third kappa shape index (κ3) is 5.40. The van der Waals surface area contributed by atoms with Gasteiger partial charge in [-0.05, 0) is 43.7 Å². The van der Waals surface area contributed by atoms with Crippen molar-refractivity contribution in [1.29, 1.82) is 0 Å². The Morgan fingerprint density at radius 3 is 2.45 bits per heavy atom. The van der Waals surface area contributed by atoms with Gasteiger partial charge < -0.3 is 15.8 Å². The number of hydrogen-bond donors (Lipinski definition) is 2. The number of nitrogens with two attached hydrogens (primary N) is 1. The predicted molar refractivity (Wildman–Crippen MR) is 121 cm³/mol. The number of rotatable bonds is 7. The van der Waals surface area contributed by atoms with E-state index in [1.54, 1.807) is 19.1 Å². The van der Waals surface area contributed by atoms with Gasteiger partial charge in [0.25, 0.3) is 0 Å². The molecule has 3 aromatic rings. The van der Waals surface area contributed by atoms with E-state index in [1.807, 2.05) is 48.7 Å². The van der Waals surface area contributed by atoms with Gasteiger partial charge in [0.15, 0.2) is 0 Å². The SMILES string of the molecule is CCOC(=O)c1c(-c2ccc(C)cc2)csc1NC(=O)CSc1ccc(N)cc1. The van der Waals surface area contributed by atoms with Gasteiger partial charge in [0.05, 0.1) is 12.4 Å². The summed E-state index contributed by atoms with van der Waals surface area (Å²) in [6.45, 7) is 4.04. The fraction of sp³-hybridized carbons (Fsp3) is 0.182. The lowest BCUT2D eigenvalue weighted by Crippen LogP contribution is -2.16. The lowest BCUT2D eigenvalue weighted by Gasteiger charge is -2.09. The maximum Gasteiger partial charge on any atom is 0.341 e. The van der Waals surface area contributed by atoms with Crippen molar-refractivity contribution in [3.05, 3.63) is 65.0 Å². The van der Waals surface area contributed by atoms with Gasteiger partial charge in [-0.25, -0.2) is 4.79 Å². The Bertz CT molecular complexity index is 996. The molecule has 1 amide bonds. The Hall–Kier alpha value is -2.77. The second kappa shape index (κ2) is 9.62. The van der Waals surface area contributed by atoms with E-state index in [0.29, 0.717) is 16.3 Å². The number of benzene rings is 2. The van der Waals surface area contributed by atoms with Gasteiger partial charge in [-0.2, -0.15) is 0 Å². The second-order valence-corrected chi connectivity index (χ2v) is 8.27. The van der Waals surface area contributed by atoms with Crippen molar-refractivity contribution in [2.24, 2.45) is 0 Å². The zero-order valence-corrected chi connectivity index (χ0v) is 17.9. The fourth-order valence-corrected chi connectivity index (χ4v) is 4.35. The van der Waals surface area contributed by atoms with Gasteiger partial charge >= 0.3 is 5.97 Å². The average Bonchev–Trinajstić information content (AvgIpc) is 3.12. The molecule has 0 bridgehead atoms. The van der Waals surface area contributed by atoms with Gasteiger partial charge in [0.2, 0.25) is 5.91 Å². The van der Waals surface area contributed by atoms with Gasteiger partial charge in [-0.3, -0.25) is 4.79 Å². The molecule has 0 aliphatic rings. The molecule has 0 atom stereocenters. The molecular weight excluding hydrogens is 404 g/mol. The highest BCUT2D eigenvalue weighted by atomic mass is 32.2. The molecule has 3 rings (SSSR count). The molecule has 0 fully saturated rings. The molecule has 7 heteroatoms. The summed E-state index contributed by atoms with van der Waals surface area (Å²) in [5, 5.41) is 5.24. The van der Waals surface area contributed by atoms with E-state index in [2.05, 4.69) is 5.32 Å². The van der Waals surface area contributed by atoms with Crippen LogP contribution in [0.4, 0.5) is 10.7 Å². The van der Waals surface area contributed by atoms with Crippen LogP contribution in [0.25, 0.3) is 11.1 Å². The minimum Gasteiger partial charge on any atom is -0.462 e. The van der Waals surface area contributed by atoms with Crippen LogP contribution >= 0.6 is 23.1 Å². The van der Waals surface area contributed by atoms with Crippen molar-refractivity contribution in [2.45, 2.75) is 18.7 Å². The van der Waals surface area contributed by atoms with Crippen molar-refractivity contribution < 1.29 is 14.3 Å². The second-order valence-electron chi connectivity index (χ2n) is 6.35. The molecule has 0 saturated heterocycles. The molecule has 0 aliphatic carbocycles. The Morgan fingerprint density at radius 2 is 1.79 bits per heavy atom. The molecule has 150 valence electrons. The first-order valence-electron chi connectivity index (χ1n) is 9.11. The van der Waals surface area contributed by atoms with Crippen LogP contribution < -0.4 is 11.1 Å². The standard InChI is InChI=1S/C22H22N2O3S2/c1-3-27-22(26)20-18(15-6-4-14(2)5-7-15)12-29-21(20)24-19(25)13-28-17-10-8-16(23)9-11-17/h4-12H,3,13,23H2,1-2H3,(H,24,25). The van der Waals surface area contributed by atoms with Crippen LogP contribution in [-0.4, -0.2) is 24.2 Å². The summed E-state index contributed by atoms with van der Waals surface area (Å²) in [5.41, 5.74) is 9.56. The van der Waals surface area contributed by atoms with Crippen LogP contribution in [0, 0.1) is 6.92 Å². The van der Waals surface area contributed by atoms with E-state index in [-0.39, 0.29) is 18.3 Å². The molecule has 1 aromatic heterocycles. The van der Waals surface area contributed by atoms with Crippen molar-refractivity contribution in [2.75, 3.05) is 23.4 Å². The number of esters is 1. The van der Waals surface area contributed by atoms with Gasteiger partial charge in [0, 0.05) is 21.5 Å². The molecule has 2 aromatic carbocycles. The molecule has 1 heterocycles. The number of carbonyl (C=O) groups is 2. The topological polar surface area (TPSA) is 81.4 Å². The number of nitrogen functional groups attached to an aromatic ring is 1. The maximum atomic E-state index is 12.6. The third-order valence-electron chi connectivity index (χ3n) is 4.14. The largest absolute Gasteiger partial charge is 0.462 e. The minimum atomic E-state index is -0.439. The van der Waals surface area contributed by atoms with Crippen molar-refractivity contribution in [1.82, 2.24) is 0 Å². The van der Waals surface area contributed by atoms with Crippen LogP contribution in [0.15, 0.2) is 58.8 Å². The van der Waals surface area contributed by atoms with E-state index in [4.69, 9.17) is 10.5 Å². The fourth-order valence-electron chi connectivity index (χ4n) is 2.68. The minimum absolute atomic E-state index is 0.185. The maximum absolute atomic E-state index is 12.6. The highest BCUT2D eigenvalue weighted by molar-refractivity contribution is 8.00. The van der Waals surface area contributed by atoms with Gasteiger partial charge in [-0.1, -0.05) is 29.8 Å². The van der Waals surface area contributed by atoms with Crippen molar-refractivity contribution in [3.8, 4) is 11.1 Å². The van der Waals surface area contributed by atoms with E-state index in [1.165, 1.54) is 23.1 Å². The summed E-state index contributed by atoms with van der Waals surface area (Å²) in [4.78, 5) is 26.0. The summed E-state index contributed by atoms with van der Waals surface area (Å²) in [6, 6.07) is 15.2. The Labute approximate surface area is 178 Å². The van der Waals surface area contributed by atoms with Crippen LogP contribution in [0.5, 0.6) is 0 Å². The summed E-state index contributed by atoms with van der Waals surface area (Å²) in [5.74, 6) is -0.398. The Kier molecular flexibility index (Phi) is 6.95. The summed E-state index contributed by atoms with van der Waals surface area (Å²) >= 11 is 2.73. The van der Waals surface area contributed by atoms with Crippen LogP contribution in [0.2, 0.25) is 0 Å². The summed E-state index contributed by atoms with van der Waals surface area (Å²) in [6.07, 6.45) is 0. The molecule has 0 unspecified atom stereocenters. The van der Waals surface area contributed by atoms with Gasteiger partial charge in [0.1, 0.15) is 10.6 Å². The van der Waals surface area contributed by atoms with E-state index < -0.39 is 5.97 Å². The monoisotopic (exact) mass is 426 g/mol. The zero-order valence-electron chi connectivity index (χ0n) is 16.2. The molecule has 0 spiro atoms. The van der Waals surface area contributed by atoms with E-state index in [9.17, 15) is 9.59 Å². The number of amides is 1. The molecule has 3 N–H and O–H groups in total. The van der Waals surface area contributed by atoms with Crippen LogP contribution in [0.1, 0.15) is 22.8 Å². The molecule has 5 nitrogen and oxygen atoms in total. The number of thioether (sulfide) groups is 1. The lowest BCUT2D eigenvalue weighted by atomic mass is 10.0. The average molecular weight is 427 g/mol. The quantitative estimate of drug-likeness (QED) is 0.308. The predicted octanol–water partition coefficient (Wildman–Crippen LogP) is 5.21. The highest BCUT2D eigenvalue weighted by Gasteiger charge is 2.22. The molecule has 0 radical (unpaired) electrons. The molecule has 0 saturated carbocycles. The first-order chi connectivity index (χ1) is 14.0. The lowest BCUT2D eigenvalue weighted by molar-refractivity contribution is -0.113. The smallest absolute Gasteiger partial charge is 0.341 e. The van der Waals surface area contributed by atoms with E-state index >= 15 is 0 Å². The highest BCUT2D eigenvalue weighted by Crippen LogP contribution is 2.36. The molecule has 29 heavy (non-hydrogen) atoms.